The van der Waals surface area contributed by atoms with Crippen LogP contribution >= 0.6 is 0 Å². The third-order valence-electron chi connectivity index (χ3n) is 5.70. The summed E-state index contributed by atoms with van der Waals surface area (Å²) in [6.45, 7) is 0.893. The van der Waals surface area contributed by atoms with Gasteiger partial charge in [0.15, 0.2) is 0 Å². The first kappa shape index (κ1) is 17.3. The summed E-state index contributed by atoms with van der Waals surface area (Å²) in [6, 6.07) is 5.82. The van der Waals surface area contributed by atoms with Gasteiger partial charge in [-0.1, -0.05) is 19.3 Å². The molecule has 1 heterocycles. The van der Waals surface area contributed by atoms with Crippen molar-refractivity contribution >= 4 is 16.9 Å². The van der Waals surface area contributed by atoms with E-state index in [1.54, 1.807) is 6.07 Å². The standard InChI is InChI=1S/C20H27N3O3/c24-11-10-21-19(25)15-8-9-17-18(12-15)22(13-14-6-7-14)20(26)23(17)16-4-2-1-3-5-16/h8-9,12,14,16,24H,1-7,10-11,13H2,(H,21,25). The van der Waals surface area contributed by atoms with Crippen molar-refractivity contribution in [2.24, 2.45) is 5.92 Å². The number of nitrogens with one attached hydrogen (secondary N) is 1. The van der Waals surface area contributed by atoms with Crippen LogP contribution in [0.5, 0.6) is 0 Å². The van der Waals surface area contributed by atoms with Crippen LogP contribution in [0.2, 0.25) is 0 Å². The highest BCUT2D eigenvalue weighted by atomic mass is 16.3. The number of carbonyl (C=O) groups excluding carboxylic acids is 1. The van der Waals surface area contributed by atoms with Crippen LogP contribution in [-0.4, -0.2) is 33.3 Å². The van der Waals surface area contributed by atoms with Gasteiger partial charge in [0.25, 0.3) is 5.91 Å². The Morgan fingerprint density at radius 3 is 2.58 bits per heavy atom. The van der Waals surface area contributed by atoms with Gasteiger partial charge < -0.3 is 10.4 Å². The number of hydrogen-bond donors (Lipinski definition) is 2. The number of hydrogen-bond acceptors (Lipinski definition) is 3. The van der Waals surface area contributed by atoms with E-state index in [4.69, 9.17) is 5.11 Å². The van der Waals surface area contributed by atoms with E-state index in [-0.39, 0.29) is 30.8 Å². The van der Waals surface area contributed by atoms with E-state index in [0.717, 1.165) is 30.4 Å². The van der Waals surface area contributed by atoms with E-state index in [0.29, 0.717) is 11.5 Å². The van der Waals surface area contributed by atoms with Gasteiger partial charge in [-0.05, 0) is 49.8 Å². The van der Waals surface area contributed by atoms with Crippen molar-refractivity contribution in [1.29, 1.82) is 0 Å². The fourth-order valence-corrected chi connectivity index (χ4v) is 4.12. The fourth-order valence-electron chi connectivity index (χ4n) is 4.12. The van der Waals surface area contributed by atoms with Crippen molar-refractivity contribution in [2.75, 3.05) is 13.2 Å². The first-order valence-corrected chi connectivity index (χ1v) is 9.83. The van der Waals surface area contributed by atoms with Crippen LogP contribution in [0.15, 0.2) is 23.0 Å². The number of amides is 1. The lowest BCUT2D eigenvalue weighted by Gasteiger charge is -2.23. The molecule has 0 atom stereocenters. The Kier molecular flexibility index (Phi) is 4.85. The summed E-state index contributed by atoms with van der Waals surface area (Å²) in [6.07, 6.45) is 8.07. The Hall–Kier alpha value is -2.08. The Balaban J connectivity index is 1.77. The molecule has 1 aromatic carbocycles. The molecule has 0 bridgehead atoms. The Morgan fingerprint density at radius 2 is 1.88 bits per heavy atom. The third kappa shape index (κ3) is 3.30. The molecule has 0 unspecified atom stereocenters. The van der Waals surface area contributed by atoms with Crippen LogP contribution < -0.4 is 11.0 Å². The minimum atomic E-state index is -0.211. The lowest BCUT2D eigenvalue weighted by atomic mass is 9.95. The Bertz CT molecular complexity index is 857. The van der Waals surface area contributed by atoms with Crippen molar-refractivity contribution in [3.8, 4) is 0 Å². The van der Waals surface area contributed by atoms with Gasteiger partial charge in [0.1, 0.15) is 0 Å². The minimum absolute atomic E-state index is 0.0757. The topological polar surface area (TPSA) is 76.3 Å². The van der Waals surface area contributed by atoms with Gasteiger partial charge in [0, 0.05) is 24.7 Å². The van der Waals surface area contributed by atoms with Crippen LogP contribution in [0.1, 0.15) is 61.3 Å². The zero-order valence-corrected chi connectivity index (χ0v) is 15.1. The molecule has 6 nitrogen and oxygen atoms in total. The largest absolute Gasteiger partial charge is 0.395 e. The van der Waals surface area contributed by atoms with Crippen molar-refractivity contribution in [3.05, 3.63) is 34.2 Å². The lowest BCUT2D eigenvalue weighted by Crippen LogP contribution is -2.29. The van der Waals surface area contributed by atoms with E-state index >= 15 is 0 Å². The highest BCUT2D eigenvalue weighted by molar-refractivity contribution is 5.97. The summed E-state index contributed by atoms with van der Waals surface area (Å²) < 4.78 is 3.86. The Morgan fingerprint density at radius 1 is 1.12 bits per heavy atom. The van der Waals surface area contributed by atoms with Crippen LogP contribution in [0, 0.1) is 5.92 Å². The van der Waals surface area contributed by atoms with Gasteiger partial charge in [-0.2, -0.15) is 0 Å². The molecule has 2 fully saturated rings. The average molecular weight is 357 g/mol. The molecular formula is C20H27N3O3. The highest BCUT2D eigenvalue weighted by Crippen LogP contribution is 2.33. The average Bonchev–Trinajstić information content (AvgIpc) is 3.45. The number of fused-ring (bicyclic) bond motifs is 1. The number of nitrogens with zero attached hydrogens (tertiary/aromatic N) is 2. The Labute approximate surface area is 152 Å². The molecule has 0 saturated heterocycles. The van der Waals surface area contributed by atoms with E-state index in [2.05, 4.69) is 5.32 Å². The summed E-state index contributed by atoms with van der Waals surface area (Å²) in [5.74, 6) is 0.377. The van der Waals surface area contributed by atoms with Crippen molar-refractivity contribution in [3.63, 3.8) is 0 Å². The molecule has 2 saturated carbocycles. The smallest absolute Gasteiger partial charge is 0.329 e. The van der Waals surface area contributed by atoms with Gasteiger partial charge in [-0.15, -0.1) is 0 Å². The van der Waals surface area contributed by atoms with Crippen LogP contribution in [-0.2, 0) is 6.54 Å². The number of benzene rings is 1. The summed E-state index contributed by atoms with van der Waals surface area (Å²) >= 11 is 0. The molecule has 2 aliphatic carbocycles. The van der Waals surface area contributed by atoms with Gasteiger partial charge in [-0.3, -0.25) is 13.9 Å². The predicted octanol–water partition coefficient (Wildman–Crippen LogP) is 2.44. The third-order valence-corrected chi connectivity index (χ3v) is 5.70. The second-order valence-electron chi connectivity index (χ2n) is 7.68. The minimum Gasteiger partial charge on any atom is -0.395 e. The molecule has 2 aromatic rings. The van der Waals surface area contributed by atoms with Crippen LogP contribution in [0.3, 0.4) is 0 Å². The molecule has 0 spiro atoms. The van der Waals surface area contributed by atoms with Crippen molar-refractivity contribution < 1.29 is 9.90 Å². The number of aliphatic hydroxyl groups is 1. The fraction of sp³-hybridized carbons (Fsp3) is 0.600. The van der Waals surface area contributed by atoms with Crippen molar-refractivity contribution in [1.82, 2.24) is 14.5 Å². The van der Waals surface area contributed by atoms with Crippen molar-refractivity contribution in [2.45, 2.75) is 57.5 Å². The first-order chi connectivity index (χ1) is 12.7. The summed E-state index contributed by atoms with van der Waals surface area (Å²) in [5.41, 5.74) is 2.42. The molecule has 2 aliphatic rings. The molecule has 1 amide bonds. The van der Waals surface area contributed by atoms with Gasteiger partial charge in [0.05, 0.1) is 17.6 Å². The first-order valence-electron chi connectivity index (χ1n) is 9.83. The molecule has 140 valence electrons. The van der Waals surface area contributed by atoms with Gasteiger partial charge in [0.2, 0.25) is 0 Å². The van der Waals surface area contributed by atoms with Crippen LogP contribution in [0.25, 0.3) is 11.0 Å². The maximum Gasteiger partial charge on any atom is 0.329 e. The highest BCUT2D eigenvalue weighted by Gasteiger charge is 2.27. The molecule has 0 radical (unpaired) electrons. The number of aliphatic hydroxyl groups excluding tert-OH is 1. The molecule has 2 N–H and O–H groups in total. The molecule has 6 heteroatoms. The molecule has 1 aromatic heterocycles. The van der Waals surface area contributed by atoms with E-state index in [9.17, 15) is 9.59 Å². The normalized spacial score (nSPS) is 18.3. The zero-order chi connectivity index (χ0) is 18.1. The second kappa shape index (κ2) is 7.27. The number of carbonyl (C=O) groups is 1. The molecule has 0 aliphatic heterocycles. The second-order valence-corrected chi connectivity index (χ2v) is 7.68. The number of imidazole rings is 1. The molecule has 4 rings (SSSR count). The summed E-state index contributed by atoms with van der Waals surface area (Å²) in [5, 5.41) is 11.6. The molecular weight excluding hydrogens is 330 g/mol. The maximum absolute atomic E-state index is 13.2. The van der Waals surface area contributed by atoms with E-state index in [1.807, 2.05) is 21.3 Å². The SMILES string of the molecule is O=C(NCCO)c1ccc2c(c1)n(CC1CC1)c(=O)n2C1CCCCC1. The van der Waals surface area contributed by atoms with Gasteiger partial charge >= 0.3 is 5.69 Å². The maximum atomic E-state index is 13.2. The molecule has 26 heavy (non-hydrogen) atoms. The quantitative estimate of drug-likeness (QED) is 0.834. The van der Waals surface area contributed by atoms with E-state index in [1.165, 1.54) is 32.1 Å². The van der Waals surface area contributed by atoms with Crippen LogP contribution in [0.4, 0.5) is 0 Å². The predicted molar refractivity (Wildman–Crippen MR) is 100 cm³/mol. The summed E-state index contributed by atoms with van der Waals surface area (Å²) in [7, 11) is 0. The number of aromatic nitrogens is 2. The monoisotopic (exact) mass is 357 g/mol. The van der Waals surface area contributed by atoms with E-state index < -0.39 is 0 Å². The zero-order valence-electron chi connectivity index (χ0n) is 15.1. The van der Waals surface area contributed by atoms with Gasteiger partial charge in [-0.25, -0.2) is 4.79 Å². The summed E-state index contributed by atoms with van der Waals surface area (Å²) in [4.78, 5) is 25.5. The number of rotatable bonds is 6. The lowest BCUT2D eigenvalue weighted by molar-refractivity contribution is 0.0945.